The summed E-state index contributed by atoms with van der Waals surface area (Å²) in [5, 5.41) is 14.5. The lowest BCUT2D eigenvalue weighted by molar-refractivity contribution is -0.385. The minimum Gasteiger partial charge on any atom is -0.466 e. The lowest BCUT2D eigenvalue weighted by Crippen LogP contribution is -2.32. The number of benzene rings is 3. The zero-order chi connectivity index (χ0) is 27.9. The Morgan fingerprint density at radius 3 is 2.47 bits per heavy atom. The van der Waals surface area contributed by atoms with E-state index in [1.807, 2.05) is 0 Å². The molecule has 1 atom stereocenters. The molecule has 3 aromatic carbocycles. The zero-order valence-corrected chi connectivity index (χ0v) is 22.3. The molecule has 0 aliphatic carbocycles. The van der Waals surface area contributed by atoms with Gasteiger partial charge >= 0.3 is 5.97 Å². The van der Waals surface area contributed by atoms with Crippen molar-refractivity contribution >= 4 is 56.5 Å². The smallest absolute Gasteiger partial charge is 0.308 e. The average molecular weight is 580 g/mol. The predicted molar refractivity (Wildman–Crippen MR) is 143 cm³/mol. The summed E-state index contributed by atoms with van der Waals surface area (Å²) in [4.78, 5) is 35.1. The standard InChI is InChI=1S/C25H23Cl2N3O7S/c1-2-37-25(32)15-23(28-24(31)12-16-9-10-18(26)13-22(16)27)17-5-3-6-19(11-17)29-38(35,36)21-8-4-7-20(14-21)30(33)34/h3-11,13-14,23,29H,2,12,15H2,1H3,(H,28,31). The molecule has 38 heavy (non-hydrogen) atoms. The molecule has 0 aliphatic rings. The van der Waals surface area contributed by atoms with Crippen molar-refractivity contribution in [1.82, 2.24) is 5.32 Å². The fourth-order valence-electron chi connectivity index (χ4n) is 3.52. The van der Waals surface area contributed by atoms with Crippen molar-refractivity contribution in [3.05, 3.63) is 98.0 Å². The van der Waals surface area contributed by atoms with Crippen LogP contribution in [-0.4, -0.2) is 31.8 Å². The molecule has 200 valence electrons. The Morgan fingerprint density at radius 2 is 1.79 bits per heavy atom. The minimum absolute atomic E-state index is 0.0889. The second-order valence-electron chi connectivity index (χ2n) is 8.03. The van der Waals surface area contributed by atoms with E-state index in [0.29, 0.717) is 21.2 Å². The maximum absolute atomic E-state index is 12.9. The number of amides is 1. The van der Waals surface area contributed by atoms with Crippen LogP contribution in [0.25, 0.3) is 0 Å². The molecular weight excluding hydrogens is 557 g/mol. The molecule has 0 aliphatic heterocycles. The van der Waals surface area contributed by atoms with Gasteiger partial charge in [0.05, 0.1) is 35.3 Å². The van der Waals surface area contributed by atoms with Crippen molar-refractivity contribution in [2.24, 2.45) is 0 Å². The number of esters is 1. The van der Waals surface area contributed by atoms with Gasteiger partial charge in [0.25, 0.3) is 15.7 Å². The van der Waals surface area contributed by atoms with Gasteiger partial charge in [-0.05, 0) is 48.4 Å². The number of nitro benzene ring substituents is 1. The quantitative estimate of drug-likeness (QED) is 0.183. The molecule has 0 radical (unpaired) electrons. The second-order valence-corrected chi connectivity index (χ2v) is 10.6. The number of hydrogen-bond acceptors (Lipinski definition) is 7. The maximum Gasteiger partial charge on any atom is 0.308 e. The van der Waals surface area contributed by atoms with E-state index in [0.717, 1.165) is 6.07 Å². The SMILES string of the molecule is CCOC(=O)CC(NC(=O)Cc1ccc(Cl)cc1Cl)c1cccc(NS(=O)(=O)c2cccc([N+](=O)[O-])c2)c1. The van der Waals surface area contributed by atoms with E-state index in [1.165, 1.54) is 36.4 Å². The van der Waals surface area contributed by atoms with Crippen LogP contribution in [0.5, 0.6) is 0 Å². The number of anilines is 1. The van der Waals surface area contributed by atoms with Gasteiger partial charge in [-0.3, -0.25) is 24.4 Å². The van der Waals surface area contributed by atoms with Crippen LogP contribution in [0.4, 0.5) is 11.4 Å². The van der Waals surface area contributed by atoms with Crippen LogP contribution in [0, 0.1) is 10.1 Å². The third kappa shape index (κ3) is 7.91. The first kappa shape index (κ1) is 28.9. The third-order valence-electron chi connectivity index (χ3n) is 5.26. The lowest BCUT2D eigenvalue weighted by Gasteiger charge is -2.20. The molecule has 0 spiro atoms. The van der Waals surface area contributed by atoms with Crippen molar-refractivity contribution in [3.63, 3.8) is 0 Å². The number of ether oxygens (including phenoxy) is 1. The molecule has 0 heterocycles. The normalized spacial score (nSPS) is 11.9. The van der Waals surface area contributed by atoms with Crippen LogP contribution in [0.2, 0.25) is 10.0 Å². The first-order chi connectivity index (χ1) is 18.0. The summed E-state index contributed by atoms with van der Waals surface area (Å²) in [5.74, 6) is -1.00. The summed E-state index contributed by atoms with van der Waals surface area (Å²) < 4.78 is 33.1. The summed E-state index contributed by atoms with van der Waals surface area (Å²) in [5.41, 5.74) is 0.701. The lowest BCUT2D eigenvalue weighted by atomic mass is 10.0. The highest BCUT2D eigenvalue weighted by Crippen LogP contribution is 2.26. The van der Waals surface area contributed by atoms with Crippen molar-refractivity contribution in [3.8, 4) is 0 Å². The molecule has 3 aromatic rings. The van der Waals surface area contributed by atoms with Crippen molar-refractivity contribution in [2.75, 3.05) is 11.3 Å². The Bertz CT molecular complexity index is 1460. The first-order valence-electron chi connectivity index (χ1n) is 11.2. The van der Waals surface area contributed by atoms with E-state index < -0.39 is 32.9 Å². The molecule has 0 bridgehead atoms. The number of carbonyl (C=O) groups is 2. The topological polar surface area (TPSA) is 145 Å². The number of halogens is 2. The molecule has 2 N–H and O–H groups in total. The Balaban J connectivity index is 1.85. The second kappa shape index (κ2) is 12.7. The fraction of sp³-hybridized carbons (Fsp3) is 0.200. The van der Waals surface area contributed by atoms with Crippen LogP contribution in [0.15, 0.2) is 71.6 Å². The van der Waals surface area contributed by atoms with E-state index in [1.54, 1.807) is 31.2 Å². The van der Waals surface area contributed by atoms with E-state index in [9.17, 15) is 28.1 Å². The highest BCUT2D eigenvalue weighted by Gasteiger charge is 2.22. The fourth-order valence-corrected chi connectivity index (χ4v) is 5.08. The van der Waals surface area contributed by atoms with E-state index in [2.05, 4.69) is 10.0 Å². The van der Waals surface area contributed by atoms with Gasteiger partial charge in [-0.15, -0.1) is 0 Å². The van der Waals surface area contributed by atoms with Crippen LogP contribution in [0.3, 0.4) is 0 Å². The Labute approximate surface area is 229 Å². The Hall–Kier alpha value is -3.67. The summed E-state index contributed by atoms with van der Waals surface area (Å²) >= 11 is 12.1. The number of hydrogen-bond donors (Lipinski definition) is 2. The summed E-state index contributed by atoms with van der Waals surface area (Å²) in [7, 11) is -4.17. The molecule has 13 heteroatoms. The predicted octanol–water partition coefficient (Wildman–Crippen LogP) is 5.06. The van der Waals surface area contributed by atoms with Gasteiger partial charge in [0.2, 0.25) is 5.91 Å². The molecule has 0 saturated heterocycles. The van der Waals surface area contributed by atoms with Crippen LogP contribution in [-0.2, 0) is 30.8 Å². The van der Waals surface area contributed by atoms with Crippen LogP contribution in [0.1, 0.15) is 30.5 Å². The van der Waals surface area contributed by atoms with E-state index in [4.69, 9.17) is 27.9 Å². The number of nitrogens with one attached hydrogen (secondary N) is 2. The molecule has 1 unspecified atom stereocenters. The number of sulfonamides is 1. The van der Waals surface area contributed by atoms with Crippen LogP contribution >= 0.6 is 23.2 Å². The Morgan fingerprint density at radius 1 is 1.05 bits per heavy atom. The summed E-state index contributed by atoms with van der Waals surface area (Å²) in [6.45, 7) is 1.79. The first-order valence-corrected chi connectivity index (χ1v) is 13.5. The molecule has 0 aromatic heterocycles. The van der Waals surface area contributed by atoms with Gasteiger partial charge < -0.3 is 10.1 Å². The molecule has 0 fully saturated rings. The van der Waals surface area contributed by atoms with Gasteiger partial charge in [0.1, 0.15) is 0 Å². The van der Waals surface area contributed by atoms with Gasteiger partial charge in [-0.2, -0.15) is 0 Å². The van der Waals surface area contributed by atoms with E-state index >= 15 is 0 Å². The zero-order valence-electron chi connectivity index (χ0n) is 20.0. The molecular formula is C25H23Cl2N3O7S. The highest BCUT2D eigenvalue weighted by molar-refractivity contribution is 7.92. The maximum atomic E-state index is 12.9. The molecule has 10 nitrogen and oxygen atoms in total. The van der Waals surface area contributed by atoms with Crippen molar-refractivity contribution < 1.29 is 27.7 Å². The summed E-state index contributed by atoms with van der Waals surface area (Å²) in [6.07, 6.45) is -0.302. The largest absolute Gasteiger partial charge is 0.466 e. The highest BCUT2D eigenvalue weighted by atomic mass is 35.5. The van der Waals surface area contributed by atoms with Crippen molar-refractivity contribution in [1.29, 1.82) is 0 Å². The number of nitro groups is 1. The van der Waals surface area contributed by atoms with Gasteiger partial charge in [-0.1, -0.05) is 47.5 Å². The monoisotopic (exact) mass is 579 g/mol. The van der Waals surface area contributed by atoms with Crippen molar-refractivity contribution in [2.45, 2.75) is 30.7 Å². The number of carbonyl (C=O) groups excluding carboxylic acids is 2. The van der Waals surface area contributed by atoms with Crippen LogP contribution < -0.4 is 10.0 Å². The van der Waals surface area contributed by atoms with Gasteiger partial charge in [0, 0.05) is 27.9 Å². The number of non-ortho nitro benzene ring substituents is 1. The molecule has 3 rings (SSSR count). The van der Waals surface area contributed by atoms with Gasteiger partial charge in [0.15, 0.2) is 0 Å². The van der Waals surface area contributed by atoms with E-state index in [-0.39, 0.29) is 35.7 Å². The minimum atomic E-state index is -4.17. The molecule has 1 amide bonds. The average Bonchev–Trinajstić information content (AvgIpc) is 2.85. The summed E-state index contributed by atoms with van der Waals surface area (Å²) in [6, 6.07) is 14.6. The Kier molecular flexibility index (Phi) is 9.67. The third-order valence-corrected chi connectivity index (χ3v) is 7.22. The number of rotatable bonds is 11. The molecule has 0 saturated carbocycles. The van der Waals surface area contributed by atoms with Gasteiger partial charge in [-0.25, -0.2) is 8.42 Å². The number of nitrogens with zero attached hydrogens (tertiary/aromatic N) is 1.